The minimum Gasteiger partial charge on any atom is -0.405 e. The third kappa shape index (κ3) is 4.48. The van der Waals surface area contributed by atoms with Crippen LogP contribution in [-0.2, 0) is 9.16 Å². The molecule has 2 aromatic carbocycles. The number of alkyl halides is 1. The molecule has 2 aromatic rings. The Morgan fingerprint density at radius 3 is 1.71 bits per heavy atom. The molecule has 2 nitrogen and oxygen atoms in total. The summed E-state index contributed by atoms with van der Waals surface area (Å²) in [5.74, 6) is 0. The molecule has 0 saturated carbocycles. The Balaban J connectivity index is 2.42. The van der Waals surface area contributed by atoms with Crippen molar-refractivity contribution in [3.63, 3.8) is 0 Å². The first-order valence-electron chi connectivity index (χ1n) is 8.41. The van der Waals surface area contributed by atoms with Crippen LogP contribution in [0.1, 0.15) is 20.8 Å². The van der Waals surface area contributed by atoms with E-state index in [1.807, 2.05) is 0 Å². The second kappa shape index (κ2) is 9.13. The van der Waals surface area contributed by atoms with Crippen LogP contribution in [0.15, 0.2) is 60.7 Å². The molecule has 0 atom stereocenters. The van der Waals surface area contributed by atoms with Gasteiger partial charge in [-0.3, -0.25) is 0 Å². The SMILES string of the molecule is CC(C)(C)[Si](OCCOCCI)(c1ccccc1)c1ccccc1. The van der Waals surface area contributed by atoms with Crippen LogP contribution < -0.4 is 10.4 Å². The van der Waals surface area contributed by atoms with Crippen molar-refractivity contribution in [2.45, 2.75) is 25.8 Å². The average molecular weight is 454 g/mol. The van der Waals surface area contributed by atoms with Gasteiger partial charge >= 0.3 is 0 Å². The van der Waals surface area contributed by atoms with Gasteiger partial charge in [0.25, 0.3) is 8.32 Å². The number of hydrogen-bond donors (Lipinski definition) is 0. The van der Waals surface area contributed by atoms with E-state index in [2.05, 4.69) is 104 Å². The van der Waals surface area contributed by atoms with E-state index in [0.717, 1.165) is 11.0 Å². The van der Waals surface area contributed by atoms with Crippen LogP contribution in [0.3, 0.4) is 0 Å². The molecule has 0 aromatic heterocycles. The van der Waals surface area contributed by atoms with Crippen LogP contribution in [0.5, 0.6) is 0 Å². The van der Waals surface area contributed by atoms with Crippen molar-refractivity contribution in [1.29, 1.82) is 0 Å². The first kappa shape index (κ1) is 19.6. The highest BCUT2D eigenvalue weighted by Crippen LogP contribution is 2.36. The molecule has 24 heavy (non-hydrogen) atoms. The lowest BCUT2D eigenvalue weighted by Crippen LogP contribution is -2.66. The van der Waals surface area contributed by atoms with Crippen LogP contribution in [0, 0.1) is 0 Å². The van der Waals surface area contributed by atoms with Crippen molar-refractivity contribution in [3.8, 4) is 0 Å². The first-order valence-corrected chi connectivity index (χ1v) is 11.8. The molecule has 0 fully saturated rings. The maximum absolute atomic E-state index is 6.72. The number of rotatable bonds is 8. The van der Waals surface area contributed by atoms with Gasteiger partial charge in [0.05, 0.1) is 19.8 Å². The molecular formula is C20H27IO2Si. The summed E-state index contributed by atoms with van der Waals surface area (Å²) >= 11 is 2.33. The molecule has 0 saturated heterocycles. The van der Waals surface area contributed by atoms with Gasteiger partial charge in [0.1, 0.15) is 0 Å². The van der Waals surface area contributed by atoms with Crippen LogP contribution in [0.2, 0.25) is 5.04 Å². The van der Waals surface area contributed by atoms with E-state index in [1.165, 1.54) is 10.4 Å². The van der Waals surface area contributed by atoms with Crippen LogP contribution in [0.25, 0.3) is 0 Å². The molecule has 0 aliphatic heterocycles. The van der Waals surface area contributed by atoms with E-state index >= 15 is 0 Å². The van der Waals surface area contributed by atoms with Crippen molar-refractivity contribution in [2.75, 3.05) is 24.2 Å². The molecule has 0 aliphatic rings. The summed E-state index contributed by atoms with van der Waals surface area (Å²) in [6.07, 6.45) is 0. The predicted octanol–water partition coefficient (Wildman–Crippen LogP) is 4.01. The van der Waals surface area contributed by atoms with Gasteiger partial charge < -0.3 is 9.16 Å². The van der Waals surface area contributed by atoms with E-state index in [1.54, 1.807) is 0 Å². The number of hydrogen-bond acceptors (Lipinski definition) is 2. The van der Waals surface area contributed by atoms with Crippen molar-refractivity contribution in [3.05, 3.63) is 60.7 Å². The zero-order chi connectivity index (χ0) is 17.5. The molecule has 0 radical (unpaired) electrons. The normalized spacial score (nSPS) is 12.3. The fourth-order valence-corrected chi connectivity index (χ4v) is 8.03. The predicted molar refractivity (Wildman–Crippen MR) is 113 cm³/mol. The summed E-state index contributed by atoms with van der Waals surface area (Å²) in [5.41, 5.74) is 0. The Hall–Kier alpha value is -0.693. The fourth-order valence-electron chi connectivity index (χ4n) is 3.17. The van der Waals surface area contributed by atoms with E-state index in [9.17, 15) is 0 Å². The molecule has 0 N–H and O–H groups in total. The second-order valence-corrected chi connectivity index (χ2v) is 12.2. The van der Waals surface area contributed by atoms with Gasteiger partial charge in [-0.1, -0.05) is 104 Å². The lowest BCUT2D eigenvalue weighted by atomic mass is 10.2. The molecule has 0 spiro atoms. The van der Waals surface area contributed by atoms with Crippen molar-refractivity contribution in [1.82, 2.24) is 0 Å². The van der Waals surface area contributed by atoms with Gasteiger partial charge in [-0.05, 0) is 15.4 Å². The van der Waals surface area contributed by atoms with E-state index < -0.39 is 8.32 Å². The van der Waals surface area contributed by atoms with Crippen molar-refractivity contribution < 1.29 is 9.16 Å². The Bertz CT molecular complexity index is 557. The van der Waals surface area contributed by atoms with Gasteiger partial charge in [-0.25, -0.2) is 0 Å². The smallest absolute Gasteiger partial charge is 0.261 e. The molecule has 2 rings (SSSR count). The standard InChI is InChI=1S/C20H27IO2Si/c1-20(2,3)24(18-10-6-4-7-11-18,19-12-8-5-9-13-19)23-17-16-22-15-14-21/h4-13H,14-17H2,1-3H3. The third-order valence-corrected chi connectivity index (χ3v) is 9.67. The van der Waals surface area contributed by atoms with Crippen molar-refractivity contribution >= 4 is 41.3 Å². The Morgan fingerprint density at radius 2 is 1.29 bits per heavy atom. The van der Waals surface area contributed by atoms with E-state index in [0.29, 0.717) is 13.2 Å². The van der Waals surface area contributed by atoms with Crippen LogP contribution in [0.4, 0.5) is 0 Å². The summed E-state index contributed by atoms with van der Waals surface area (Å²) in [6, 6.07) is 21.5. The number of ether oxygens (including phenoxy) is 1. The highest BCUT2D eigenvalue weighted by Gasteiger charge is 2.49. The highest BCUT2D eigenvalue weighted by atomic mass is 127. The largest absolute Gasteiger partial charge is 0.405 e. The maximum atomic E-state index is 6.72. The Labute approximate surface area is 160 Å². The first-order chi connectivity index (χ1) is 11.5. The number of benzene rings is 2. The van der Waals surface area contributed by atoms with Gasteiger partial charge in [-0.2, -0.15) is 0 Å². The summed E-state index contributed by atoms with van der Waals surface area (Å²) in [4.78, 5) is 0. The molecule has 0 unspecified atom stereocenters. The summed E-state index contributed by atoms with van der Waals surface area (Å²) < 4.78 is 13.4. The van der Waals surface area contributed by atoms with Gasteiger partial charge in [-0.15, -0.1) is 0 Å². The Kier molecular flexibility index (Phi) is 7.47. The molecule has 0 amide bonds. The molecule has 0 aliphatic carbocycles. The van der Waals surface area contributed by atoms with Crippen molar-refractivity contribution in [2.24, 2.45) is 0 Å². The van der Waals surface area contributed by atoms with E-state index in [-0.39, 0.29) is 5.04 Å². The van der Waals surface area contributed by atoms with Crippen LogP contribution in [-0.4, -0.2) is 32.6 Å². The summed E-state index contributed by atoms with van der Waals surface area (Å²) in [5, 5.41) is 2.66. The second-order valence-electron chi connectivity index (χ2n) is 6.81. The average Bonchev–Trinajstić information content (AvgIpc) is 2.59. The zero-order valence-electron chi connectivity index (χ0n) is 14.8. The Morgan fingerprint density at radius 1 is 0.792 bits per heavy atom. The molecular weight excluding hydrogens is 427 g/mol. The zero-order valence-corrected chi connectivity index (χ0v) is 18.0. The minimum absolute atomic E-state index is 0.0268. The molecule has 0 bridgehead atoms. The third-order valence-electron chi connectivity index (χ3n) is 4.18. The number of halogens is 1. The monoisotopic (exact) mass is 454 g/mol. The van der Waals surface area contributed by atoms with Gasteiger partial charge in [0, 0.05) is 4.43 Å². The minimum atomic E-state index is -2.39. The lowest BCUT2D eigenvalue weighted by molar-refractivity contribution is 0.109. The highest BCUT2D eigenvalue weighted by molar-refractivity contribution is 14.1. The summed E-state index contributed by atoms with van der Waals surface area (Å²) in [6.45, 7) is 8.95. The molecule has 4 heteroatoms. The lowest BCUT2D eigenvalue weighted by Gasteiger charge is -2.43. The van der Waals surface area contributed by atoms with Crippen LogP contribution >= 0.6 is 22.6 Å². The maximum Gasteiger partial charge on any atom is 0.261 e. The summed E-state index contributed by atoms with van der Waals surface area (Å²) in [7, 11) is -2.39. The molecule has 0 heterocycles. The quantitative estimate of drug-likeness (QED) is 0.260. The molecule has 130 valence electrons. The topological polar surface area (TPSA) is 18.5 Å². The fraction of sp³-hybridized carbons (Fsp3) is 0.400. The van der Waals surface area contributed by atoms with E-state index in [4.69, 9.17) is 9.16 Å². The van der Waals surface area contributed by atoms with Gasteiger partial charge in [0.2, 0.25) is 0 Å². The van der Waals surface area contributed by atoms with Gasteiger partial charge in [0.15, 0.2) is 0 Å².